The zero-order chi connectivity index (χ0) is 15.2. The molecular weight excluding hydrogens is 264 g/mol. The third-order valence-corrected chi connectivity index (χ3v) is 2.95. The van der Waals surface area contributed by atoms with Crippen LogP contribution in [0.25, 0.3) is 0 Å². The Bertz CT molecular complexity index is 727. The lowest BCUT2D eigenvalue weighted by Crippen LogP contribution is -2.09. The van der Waals surface area contributed by atoms with Gasteiger partial charge in [0, 0.05) is 11.1 Å². The predicted octanol–water partition coefficient (Wildman–Crippen LogP) is 2.89. The summed E-state index contributed by atoms with van der Waals surface area (Å²) in [5.74, 6) is -0.695. The van der Waals surface area contributed by atoms with E-state index < -0.39 is 0 Å². The molecule has 2 aromatic carbocycles. The van der Waals surface area contributed by atoms with Crippen molar-refractivity contribution in [2.45, 2.75) is 6.42 Å². The highest BCUT2D eigenvalue weighted by atomic mass is 16.1. The fourth-order valence-corrected chi connectivity index (χ4v) is 1.87. The van der Waals surface area contributed by atoms with Gasteiger partial charge in [-0.15, -0.1) is 0 Å². The van der Waals surface area contributed by atoms with Crippen LogP contribution in [0.5, 0.6) is 0 Å². The Morgan fingerprint density at radius 3 is 1.62 bits per heavy atom. The Morgan fingerprint density at radius 1 is 0.810 bits per heavy atom. The summed E-state index contributed by atoms with van der Waals surface area (Å²) in [6.45, 7) is 0. The Balaban J connectivity index is 2.17. The molecule has 0 heterocycles. The van der Waals surface area contributed by atoms with Gasteiger partial charge in [0.25, 0.3) is 0 Å². The fraction of sp³-hybridized carbons (Fsp3) is 0.0588. The van der Waals surface area contributed by atoms with Gasteiger partial charge < -0.3 is 0 Å². The average Bonchev–Trinajstić information content (AvgIpc) is 2.54. The molecule has 21 heavy (non-hydrogen) atoms. The van der Waals surface area contributed by atoms with Crippen molar-refractivity contribution in [3.05, 3.63) is 70.8 Å². The van der Waals surface area contributed by atoms with Crippen molar-refractivity contribution in [1.82, 2.24) is 0 Å². The van der Waals surface area contributed by atoms with Crippen molar-refractivity contribution in [3.8, 4) is 12.1 Å². The molecule has 0 spiro atoms. The normalized spacial score (nSPS) is 9.43. The Hall–Kier alpha value is -3.24. The molecule has 0 saturated carbocycles. The number of hydrogen-bond donors (Lipinski definition) is 0. The highest BCUT2D eigenvalue weighted by Crippen LogP contribution is 2.12. The summed E-state index contributed by atoms with van der Waals surface area (Å²) in [5.41, 5.74) is 1.41. The molecule has 0 aliphatic heterocycles. The second-order valence-electron chi connectivity index (χ2n) is 4.41. The van der Waals surface area contributed by atoms with Crippen molar-refractivity contribution in [3.63, 3.8) is 0 Å². The van der Waals surface area contributed by atoms with Gasteiger partial charge in [-0.3, -0.25) is 9.59 Å². The van der Waals surface area contributed by atoms with Gasteiger partial charge in [-0.25, -0.2) is 0 Å². The summed E-state index contributed by atoms with van der Waals surface area (Å²) >= 11 is 0. The van der Waals surface area contributed by atoms with E-state index in [0.717, 1.165) is 0 Å². The lowest BCUT2D eigenvalue weighted by molar-refractivity contribution is 0.0894. The fourth-order valence-electron chi connectivity index (χ4n) is 1.87. The number of Topliss-reactive ketones (excluding diaryl/α,β-unsaturated/α-hetero) is 2. The molecule has 0 N–H and O–H groups in total. The number of carbonyl (C=O) groups is 2. The Kier molecular flexibility index (Phi) is 4.23. The molecule has 0 aromatic heterocycles. The Labute approximate surface area is 121 Å². The smallest absolute Gasteiger partial charge is 0.170 e. The number of nitriles is 2. The number of hydrogen-bond acceptors (Lipinski definition) is 4. The van der Waals surface area contributed by atoms with Crippen molar-refractivity contribution < 1.29 is 9.59 Å². The largest absolute Gasteiger partial charge is 0.294 e. The van der Waals surface area contributed by atoms with Crippen LogP contribution < -0.4 is 0 Å². The minimum absolute atomic E-state index is 0.288. The van der Waals surface area contributed by atoms with Gasteiger partial charge in [0.1, 0.15) is 0 Å². The van der Waals surface area contributed by atoms with Crippen LogP contribution in [0.2, 0.25) is 0 Å². The molecule has 2 aromatic rings. The van der Waals surface area contributed by atoms with Crippen LogP contribution in [-0.2, 0) is 0 Å². The number of carbonyl (C=O) groups excluding carboxylic acids is 2. The van der Waals surface area contributed by atoms with Crippen LogP contribution in [0, 0.1) is 22.7 Å². The van der Waals surface area contributed by atoms with E-state index in [1.165, 1.54) is 12.1 Å². The van der Waals surface area contributed by atoms with E-state index in [1.54, 1.807) is 36.4 Å². The third-order valence-electron chi connectivity index (χ3n) is 2.95. The van der Waals surface area contributed by atoms with Crippen LogP contribution in [0.4, 0.5) is 0 Å². The molecule has 100 valence electrons. The van der Waals surface area contributed by atoms with Gasteiger partial charge >= 0.3 is 0 Å². The van der Waals surface area contributed by atoms with E-state index >= 15 is 0 Å². The predicted molar refractivity (Wildman–Crippen MR) is 75.6 cm³/mol. The number of benzene rings is 2. The van der Waals surface area contributed by atoms with Crippen LogP contribution in [0.3, 0.4) is 0 Å². The van der Waals surface area contributed by atoms with E-state index in [9.17, 15) is 9.59 Å². The highest BCUT2D eigenvalue weighted by molar-refractivity contribution is 6.13. The summed E-state index contributed by atoms with van der Waals surface area (Å²) in [6, 6.07) is 16.4. The molecule has 0 aliphatic rings. The van der Waals surface area contributed by atoms with Gasteiger partial charge in [0.15, 0.2) is 11.6 Å². The highest BCUT2D eigenvalue weighted by Gasteiger charge is 2.14. The maximum Gasteiger partial charge on any atom is 0.170 e. The first-order valence-corrected chi connectivity index (χ1v) is 6.21. The van der Waals surface area contributed by atoms with Gasteiger partial charge in [-0.1, -0.05) is 24.3 Å². The summed E-state index contributed by atoms with van der Waals surface area (Å²) in [5, 5.41) is 17.6. The molecule has 0 atom stereocenters. The van der Waals surface area contributed by atoms with Crippen molar-refractivity contribution in [2.75, 3.05) is 0 Å². The molecule has 0 unspecified atom stereocenters. The first kappa shape index (κ1) is 14.2. The molecule has 0 saturated heterocycles. The molecule has 0 aliphatic carbocycles. The molecule has 0 fully saturated rings. The molecular formula is C17H10N2O2. The summed E-state index contributed by atoms with van der Waals surface area (Å²) in [7, 11) is 0. The van der Waals surface area contributed by atoms with Crippen LogP contribution in [-0.4, -0.2) is 11.6 Å². The van der Waals surface area contributed by atoms with Gasteiger partial charge in [-0.05, 0) is 24.3 Å². The SMILES string of the molecule is N#Cc1cccc(C(=O)CC(=O)c2cccc(C#N)c2)c1. The zero-order valence-electron chi connectivity index (χ0n) is 11.0. The molecule has 0 radical (unpaired) electrons. The summed E-state index contributed by atoms with van der Waals surface area (Å²) < 4.78 is 0. The van der Waals surface area contributed by atoms with Gasteiger partial charge in [0.2, 0.25) is 0 Å². The Morgan fingerprint density at radius 2 is 1.24 bits per heavy atom. The van der Waals surface area contributed by atoms with Crippen molar-refractivity contribution in [2.24, 2.45) is 0 Å². The molecule has 4 nitrogen and oxygen atoms in total. The zero-order valence-corrected chi connectivity index (χ0v) is 11.0. The molecule has 0 amide bonds. The first-order valence-electron chi connectivity index (χ1n) is 6.21. The monoisotopic (exact) mass is 274 g/mol. The quantitative estimate of drug-likeness (QED) is 0.634. The lowest BCUT2D eigenvalue weighted by Gasteiger charge is -2.02. The topological polar surface area (TPSA) is 81.7 Å². The van der Waals surface area contributed by atoms with Gasteiger partial charge in [-0.2, -0.15) is 10.5 Å². The maximum absolute atomic E-state index is 12.1. The first-order chi connectivity index (χ1) is 10.1. The van der Waals surface area contributed by atoms with Crippen LogP contribution in [0.15, 0.2) is 48.5 Å². The van der Waals surface area contributed by atoms with E-state index in [1.807, 2.05) is 12.1 Å². The summed E-state index contributed by atoms with van der Waals surface area (Å²) in [6.07, 6.45) is -0.288. The van der Waals surface area contributed by atoms with E-state index in [0.29, 0.717) is 22.3 Å². The number of nitrogens with zero attached hydrogens (tertiary/aromatic N) is 2. The van der Waals surface area contributed by atoms with Crippen LogP contribution in [0.1, 0.15) is 38.3 Å². The van der Waals surface area contributed by atoms with E-state index in [4.69, 9.17) is 10.5 Å². The van der Waals surface area contributed by atoms with Crippen molar-refractivity contribution in [1.29, 1.82) is 10.5 Å². The standard InChI is InChI=1S/C17H10N2O2/c18-10-12-3-1-5-14(7-12)16(20)9-17(21)15-6-2-4-13(8-15)11-19/h1-8H,9H2. The van der Waals surface area contributed by atoms with Gasteiger partial charge in [0.05, 0.1) is 29.7 Å². The molecule has 2 rings (SSSR count). The summed E-state index contributed by atoms with van der Waals surface area (Å²) in [4.78, 5) is 24.1. The van der Waals surface area contributed by atoms with E-state index in [2.05, 4.69) is 0 Å². The minimum atomic E-state index is -0.348. The second kappa shape index (κ2) is 6.27. The minimum Gasteiger partial charge on any atom is -0.294 e. The van der Waals surface area contributed by atoms with E-state index in [-0.39, 0.29) is 18.0 Å². The third kappa shape index (κ3) is 3.40. The molecule has 4 heteroatoms. The average molecular weight is 274 g/mol. The second-order valence-corrected chi connectivity index (χ2v) is 4.41. The van der Waals surface area contributed by atoms with Crippen LogP contribution >= 0.6 is 0 Å². The maximum atomic E-state index is 12.1. The number of ketones is 2. The number of rotatable bonds is 4. The van der Waals surface area contributed by atoms with Crippen molar-refractivity contribution >= 4 is 11.6 Å². The lowest BCUT2D eigenvalue weighted by atomic mass is 9.99. The molecule has 0 bridgehead atoms.